The Morgan fingerprint density at radius 3 is 2.25 bits per heavy atom. The average molecular weight is 402 g/mol. The van der Waals surface area contributed by atoms with Gasteiger partial charge in [-0.1, -0.05) is 55.5 Å². The molecule has 0 saturated heterocycles. The standard InChI is InChI=1S/C18H28BrNO4/c1-3-5-9-18(10-6-4-2,20(11-12-21)17(23)24)15-13-14(19)7-8-16(15)22/h7-8,13,21-22H,3-6,9-12H2,1-2H3,(H,23,24). The molecule has 1 amide bonds. The molecule has 0 atom stereocenters. The predicted molar refractivity (Wildman–Crippen MR) is 98.4 cm³/mol. The highest BCUT2D eigenvalue weighted by Gasteiger charge is 2.42. The van der Waals surface area contributed by atoms with E-state index in [1.807, 2.05) is 0 Å². The molecule has 0 spiro atoms. The number of phenols is 1. The summed E-state index contributed by atoms with van der Waals surface area (Å²) in [4.78, 5) is 13.3. The number of amides is 1. The summed E-state index contributed by atoms with van der Waals surface area (Å²) in [5.74, 6) is 0.0922. The summed E-state index contributed by atoms with van der Waals surface area (Å²) in [6.07, 6.45) is 3.68. The van der Waals surface area contributed by atoms with Crippen molar-refractivity contribution in [1.82, 2.24) is 4.90 Å². The van der Waals surface area contributed by atoms with Crippen molar-refractivity contribution in [1.29, 1.82) is 0 Å². The van der Waals surface area contributed by atoms with Crippen molar-refractivity contribution in [2.24, 2.45) is 0 Å². The fourth-order valence-electron chi connectivity index (χ4n) is 3.22. The molecule has 24 heavy (non-hydrogen) atoms. The summed E-state index contributed by atoms with van der Waals surface area (Å²) in [6, 6.07) is 5.12. The topological polar surface area (TPSA) is 81.0 Å². The normalized spacial score (nSPS) is 11.5. The van der Waals surface area contributed by atoms with Gasteiger partial charge in [0.05, 0.1) is 12.1 Å². The third-order valence-corrected chi connectivity index (χ3v) is 4.91. The molecule has 3 N–H and O–H groups in total. The number of nitrogens with zero attached hydrogens (tertiary/aromatic N) is 1. The first-order valence-corrected chi connectivity index (χ1v) is 9.32. The molecular formula is C18H28BrNO4. The first-order chi connectivity index (χ1) is 11.4. The highest BCUT2D eigenvalue weighted by atomic mass is 79.9. The lowest BCUT2D eigenvalue weighted by Gasteiger charge is -2.43. The maximum Gasteiger partial charge on any atom is 0.408 e. The van der Waals surface area contributed by atoms with Crippen molar-refractivity contribution in [3.05, 3.63) is 28.2 Å². The van der Waals surface area contributed by atoms with Gasteiger partial charge in [-0.25, -0.2) is 4.79 Å². The number of benzene rings is 1. The van der Waals surface area contributed by atoms with Crippen LogP contribution in [0.4, 0.5) is 4.79 Å². The van der Waals surface area contributed by atoms with Crippen LogP contribution in [0.1, 0.15) is 57.9 Å². The van der Waals surface area contributed by atoms with E-state index in [1.54, 1.807) is 18.2 Å². The fraction of sp³-hybridized carbons (Fsp3) is 0.611. The van der Waals surface area contributed by atoms with Gasteiger partial charge in [-0.2, -0.15) is 0 Å². The molecule has 6 heteroatoms. The molecular weight excluding hydrogens is 374 g/mol. The maximum absolute atomic E-state index is 12.0. The lowest BCUT2D eigenvalue weighted by atomic mass is 9.78. The lowest BCUT2D eigenvalue weighted by Crippen LogP contribution is -2.50. The van der Waals surface area contributed by atoms with E-state index in [-0.39, 0.29) is 18.9 Å². The van der Waals surface area contributed by atoms with Crippen LogP contribution in [0.25, 0.3) is 0 Å². The smallest absolute Gasteiger partial charge is 0.408 e. The molecule has 0 radical (unpaired) electrons. The van der Waals surface area contributed by atoms with E-state index < -0.39 is 11.6 Å². The minimum Gasteiger partial charge on any atom is -0.508 e. The van der Waals surface area contributed by atoms with Crippen LogP contribution in [0, 0.1) is 0 Å². The van der Waals surface area contributed by atoms with Crippen molar-refractivity contribution < 1.29 is 20.1 Å². The zero-order chi connectivity index (χ0) is 18.2. The largest absolute Gasteiger partial charge is 0.508 e. The van der Waals surface area contributed by atoms with Gasteiger partial charge in [-0.05, 0) is 31.0 Å². The number of carboxylic acid groups (broad SMARTS) is 1. The number of hydrogen-bond donors (Lipinski definition) is 3. The van der Waals surface area contributed by atoms with E-state index >= 15 is 0 Å². The number of phenolic OH excluding ortho intramolecular Hbond substituents is 1. The van der Waals surface area contributed by atoms with Crippen LogP contribution in [0.5, 0.6) is 5.75 Å². The second kappa shape index (κ2) is 9.89. The Morgan fingerprint density at radius 1 is 1.21 bits per heavy atom. The zero-order valence-corrected chi connectivity index (χ0v) is 16.0. The Morgan fingerprint density at radius 2 is 1.79 bits per heavy atom. The second-order valence-electron chi connectivity index (χ2n) is 6.06. The number of halogens is 1. The molecule has 0 aliphatic carbocycles. The van der Waals surface area contributed by atoms with Gasteiger partial charge in [0.1, 0.15) is 5.75 Å². The molecule has 0 unspecified atom stereocenters. The van der Waals surface area contributed by atoms with E-state index in [0.29, 0.717) is 18.4 Å². The lowest BCUT2D eigenvalue weighted by molar-refractivity contribution is 0.0439. The Hall–Kier alpha value is -1.27. The molecule has 0 aliphatic heterocycles. The summed E-state index contributed by atoms with van der Waals surface area (Å²) in [6.45, 7) is 3.89. The monoisotopic (exact) mass is 401 g/mol. The Kier molecular flexibility index (Phi) is 8.56. The van der Waals surface area contributed by atoms with Gasteiger partial charge in [-0.3, -0.25) is 4.90 Å². The molecule has 1 aromatic carbocycles. The average Bonchev–Trinajstić information content (AvgIpc) is 2.56. The molecule has 5 nitrogen and oxygen atoms in total. The van der Waals surface area contributed by atoms with E-state index in [4.69, 9.17) is 0 Å². The minimum absolute atomic E-state index is 0.0225. The molecule has 1 aromatic rings. The minimum atomic E-state index is -1.07. The van der Waals surface area contributed by atoms with E-state index in [9.17, 15) is 20.1 Å². The molecule has 0 heterocycles. The van der Waals surface area contributed by atoms with Crippen molar-refractivity contribution >= 4 is 22.0 Å². The van der Waals surface area contributed by atoms with Gasteiger partial charge in [0.2, 0.25) is 0 Å². The summed E-state index contributed by atoms with van der Waals surface area (Å²) >= 11 is 3.42. The predicted octanol–water partition coefficient (Wildman–Crippen LogP) is 4.70. The summed E-state index contributed by atoms with van der Waals surface area (Å²) in [5.41, 5.74) is -0.233. The van der Waals surface area contributed by atoms with Crippen LogP contribution in [0.2, 0.25) is 0 Å². The fourth-order valence-corrected chi connectivity index (χ4v) is 3.58. The van der Waals surface area contributed by atoms with E-state index in [2.05, 4.69) is 29.8 Å². The van der Waals surface area contributed by atoms with Gasteiger partial charge in [0.25, 0.3) is 0 Å². The number of unbranched alkanes of at least 4 members (excludes halogenated alkanes) is 2. The molecule has 0 aliphatic rings. The van der Waals surface area contributed by atoms with Crippen LogP contribution >= 0.6 is 15.9 Å². The number of aliphatic hydroxyl groups is 1. The number of aromatic hydroxyl groups is 1. The molecule has 0 aromatic heterocycles. The maximum atomic E-state index is 12.0. The van der Waals surface area contributed by atoms with Gasteiger partial charge < -0.3 is 15.3 Å². The van der Waals surface area contributed by atoms with Crippen LogP contribution in [0.3, 0.4) is 0 Å². The molecule has 1 rings (SSSR count). The third kappa shape index (κ3) is 4.86. The first-order valence-electron chi connectivity index (χ1n) is 8.53. The molecule has 0 bridgehead atoms. The molecule has 0 saturated carbocycles. The summed E-state index contributed by atoms with van der Waals surface area (Å²) < 4.78 is 0.794. The first kappa shape index (κ1) is 20.8. The Bertz CT molecular complexity index is 528. The zero-order valence-electron chi connectivity index (χ0n) is 14.5. The Balaban J connectivity index is 3.53. The highest BCUT2D eigenvalue weighted by molar-refractivity contribution is 9.10. The van der Waals surface area contributed by atoms with Crippen LogP contribution in [-0.2, 0) is 5.54 Å². The summed E-state index contributed by atoms with van der Waals surface area (Å²) in [5, 5.41) is 29.6. The van der Waals surface area contributed by atoms with Crippen molar-refractivity contribution in [2.45, 2.75) is 57.9 Å². The summed E-state index contributed by atoms with van der Waals surface area (Å²) in [7, 11) is 0. The van der Waals surface area contributed by atoms with Gasteiger partial charge in [0, 0.05) is 16.6 Å². The number of aliphatic hydroxyl groups excluding tert-OH is 1. The molecule has 136 valence electrons. The number of rotatable bonds is 10. The number of hydrogen-bond acceptors (Lipinski definition) is 3. The van der Waals surface area contributed by atoms with E-state index in [1.165, 1.54) is 4.90 Å². The van der Waals surface area contributed by atoms with Crippen molar-refractivity contribution in [3.8, 4) is 5.75 Å². The van der Waals surface area contributed by atoms with E-state index in [0.717, 1.165) is 30.2 Å². The van der Waals surface area contributed by atoms with Crippen LogP contribution < -0.4 is 0 Å². The van der Waals surface area contributed by atoms with Gasteiger partial charge in [-0.15, -0.1) is 0 Å². The van der Waals surface area contributed by atoms with Crippen molar-refractivity contribution in [2.75, 3.05) is 13.2 Å². The van der Waals surface area contributed by atoms with Gasteiger partial charge >= 0.3 is 6.09 Å². The molecule has 0 fully saturated rings. The Labute approximate surface area is 152 Å². The van der Waals surface area contributed by atoms with Crippen LogP contribution in [0.15, 0.2) is 22.7 Å². The third-order valence-electron chi connectivity index (χ3n) is 4.42. The van der Waals surface area contributed by atoms with Crippen LogP contribution in [-0.4, -0.2) is 39.5 Å². The second-order valence-corrected chi connectivity index (χ2v) is 6.97. The highest BCUT2D eigenvalue weighted by Crippen LogP contribution is 2.43. The number of carbonyl (C=O) groups is 1. The SMILES string of the molecule is CCCCC(CCCC)(c1cc(Br)ccc1O)N(CCO)C(=O)O. The quantitative estimate of drug-likeness (QED) is 0.530. The van der Waals surface area contributed by atoms with Gasteiger partial charge in [0.15, 0.2) is 0 Å². The van der Waals surface area contributed by atoms with Crippen molar-refractivity contribution in [3.63, 3.8) is 0 Å².